The molecule has 74 valence electrons. The minimum absolute atomic E-state index is 0.524. The van der Waals surface area contributed by atoms with Crippen LogP contribution in [0, 0.1) is 0 Å². The van der Waals surface area contributed by atoms with Crippen molar-refractivity contribution in [3.05, 3.63) is 66.0 Å². The maximum atomic E-state index is 6.39. The normalized spacial score (nSPS) is 26.3. The van der Waals surface area contributed by atoms with E-state index < -0.39 is 5.54 Å². The zero-order chi connectivity index (χ0) is 10.3. The van der Waals surface area contributed by atoms with Crippen molar-refractivity contribution in [1.82, 2.24) is 0 Å². The van der Waals surface area contributed by atoms with Gasteiger partial charge in [0.25, 0.3) is 0 Å². The number of nitrogens with two attached hydrogens (primary N) is 1. The lowest BCUT2D eigenvalue weighted by molar-refractivity contribution is 0.426. The zero-order valence-electron chi connectivity index (χ0n) is 8.18. The van der Waals surface area contributed by atoms with E-state index in [1.54, 1.807) is 6.26 Å². The Kier molecular flexibility index (Phi) is 1.61. The molecule has 3 rings (SSSR count). The van der Waals surface area contributed by atoms with Crippen LogP contribution >= 0.6 is 0 Å². The second kappa shape index (κ2) is 2.84. The average Bonchev–Trinajstić information content (AvgIpc) is 2.29. The Bertz CT molecular complexity index is 499. The highest BCUT2D eigenvalue weighted by atomic mass is 16.5. The van der Waals surface area contributed by atoms with Gasteiger partial charge in [-0.25, -0.2) is 0 Å². The highest BCUT2D eigenvalue weighted by Crippen LogP contribution is 2.40. The molecule has 1 heterocycles. The lowest BCUT2D eigenvalue weighted by Crippen LogP contribution is -2.39. The van der Waals surface area contributed by atoms with Gasteiger partial charge >= 0.3 is 0 Å². The van der Waals surface area contributed by atoms with E-state index in [2.05, 4.69) is 0 Å². The van der Waals surface area contributed by atoms with Gasteiger partial charge in [-0.15, -0.1) is 0 Å². The molecule has 1 atom stereocenters. The maximum Gasteiger partial charge on any atom is 0.132 e. The highest BCUT2D eigenvalue weighted by Gasteiger charge is 2.34. The highest BCUT2D eigenvalue weighted by molar-refractivity contribution is 5.56. The lowest BCUT2D eigenvalue weighted by atomic mass is 9.80. The zero-order valence-corrected chi connectivity index (χ0v) is 8.18. The lowest BCUT2D eigenvalue weighted by Gasteiger charge is -2.34. The summed E-state index contributed by atoms with van der Waals surface area (Å²) < 4.78 is 5.53. The molecule has 0 spiro atoms. The Hall–Kier alpha value is -1.80. The van der Waals surface area contributed by atoms with Gasteiger partial charge in [0.1, 0.15) is 5.75 Å². The predicted molar refractivity (Wildman–Crippen MR) is 59.3 cm³/mol. The third-order valence-corrected chi connectivity index (χ3v) is 2.87. The largest absolute Gasteiger partial charge is 0.464 e. The Morgan fingerprint density at radius 3 is 2.93 bits per heavy atom. The van der Waals surface area contributed by atoms with Crippen LogP contribution in [0.1, 0.15) is 5.56 Å². The van der Waals surface area contributed by atoms with Crippen LogP contribution in [0.4, 0.5) is 0 Å². The van der Waals surface area contributed by atoms with Crippen molar-refractivity contribution in [2.75, 3.05) is 0 Å². The number of hydrogen-bond acceptors (Lipinski definition) is 2. The second-order valence-electron chi connectivity index (χ2n) is 3.77. The molecule has 1 aromatic carbocycles. The summed E-state index contributed by atoms with van der Waals surface area (Å²) in [5.41, 5.74) is 7.87. The van der Waals surface area contributed by atoms with Crippen LogP contribution in [0.15, 0.2) is 60.4 Å². The van der Waals surface area contributed by atoms with E-state index in [1.807, 2.05) is 48.6 Å². The third-order valence-electron chi connectivity index (χ3n) is 2.87. The summed E-state index contributed by atoms with van der Waals surface area (Å²) in [7, 11) is 0. The maximum absolute atomic E-state index is 6.39. The van der Waals surface area contributed by atoms with Gasteiger partial charge in [0.2, 0.25) is 0 Å². The molecular formula is C13H11NO. The van der Waals surface area contributed by atoms with Gasteiger partial charge in [0, 0.05) is 11.1 Å². The Labute approximate surface area is 88.4 Å². The van der Waals surface area contributed by atoms with Gasteiger partial charge in [-0.05, 0) is 6.07 Å². The fourth-order valence-electron chi connectivity index (χ4n) is 2.02. The summed E-state index contributed by atoms with van der Waals surface area (Å²) in [6, 6.07) is 7.87. The summed E-state index contributed by atoms with van der Waals surface area (Å²) >= 11 is 0. The molecule has 0 fully saturated rings. The van der Waals surface area contributed by atoms with Crippen molar-refractivity contribution < 1.29 is 4.74 Å². The summed E-state index contributed by atoms with van der Waals surface area (Å²) in [6.07, 6.45) is 9.64. The molecule has 2 nitrogen and oxygen atoms in total. The molecule has 0 aromatic heterocycles. The first-order valence-corrected chi connectivity index (χ1v) is 4.92. The van der Waals surface area contributed by atoms with E-state index in [0.29, 0.717) is 0 Å². The van der Waals surface area contributed by atoms with E-state index >= 15 is 0 Å². The quantitative estimate of drug-likeness (QED) is 0.692. The molecule has 1 aromatic rings. The van der Waals surface area contributed by atoms with Gasteiger partial charge in [-0.1, -0.05) is 42.5 Å². The first-order valence-electron chi connectivity index (χ1n) is 4.92. The Morgan fingerprint density at radius 1 is 1.13 bits per heavy atom. The summed E-state index contributed by atoms with van der Waals surface area (Å²) in [5.74, 6) is 0.837. The second-order valence-corrected chi connectivity index (χ2v) is 3.77. The van der Waals surface area contributed by atoms with Gasteiger partial charge < -0.3 is 10.5 Å². The van der Waals surface area contributed by atoms with Crippen LogP contribution in [0.25, 0.3) is 0 Å². The van der Waals surface area contributed by atoms with Crippen molar-refractivity contribution in [3.8, 4) is 5.75 Å². The van der Waals surface area contributed by atoms with Crippen LogP contribution in [-0.4, -0.2) is 0 Å². The van der Waals surface area contributed by atoms with Crippen LogP contribution in [-0.2, 0) is 5.54 Å². The molecule has 1 aliphatic carbocycles. The van der Waals surface area contributed by atoms with Crippen molar-refractivity contribution in [3.63, 3.8) is 0 Å². The van der Waals surface area contributed by atoms with Gasteiger partial charge in [-0.3, -0.25) is 0 Å². The van der Waals surface area contributed by atoms with E-state index in [1.165, 1.54) is 0 Å². The summed E-state index contributed by atoms with van der Waals surface area (Å²) in [4.78, 5) is 0. The van der Waals surface area contributed by atoms with Crippen molar-refractivity contribution >= 4 is 0 Å². The van der Waals surface area contributed by atoms with E-state index in [-0.39, 0.29) is 0 Å². The number of rotatable bonds is 0. The minimum atomic E-state index is -0.524. The molecule has 1 unspecified atom stereocenters. The van der Waals surface area contributed by atoms with Crippen LogP contribution in [0.3, 0.4) is 0 Å². The number of para-hydroxylation sites is 1. The topological polar surface area (TPSA) is 35.2 Å². The molecule has 0 radical (unpaired) electrons. The molecule has 0 saturated carbocycles. The van der Waals surface area contributed by atoms with Crippen molar-refractivity contribution in [2.24, 2.45) is 5.73 Å². The molecule has 2 heteroatoms. The molecule has 1 aliphatic heterocycles. The Morgan fingerprint density at radius 2 is 2.00 bits per heavy atom. The molecule has 0 saturated heterocycles. The molecule has 2 aliphatic rings. The molecule has 0 bridgehead atoms. The summed E-state index contributed by atoms with van der Waals surface area (Å²) in [6.45, 7) is 0. The molecular weight excluding hydrogens is 186 g/mol. The van der Waals surface area contributed by atoms with Crippen molar-refractivity contribution in [1.29, 1.82) is 0 Å². The number of fused-ring (bicyclic) bond motifs is 3. The predicted octanol–water partition coefficient (Wildman–Crippen LogP) is 2.24. The number of hydrogen-bond donors (Lipinski definition) is 1. The smallest absolute Gasteiger partial charge is 0.132 e. The SMILES string of the molecule is NC12C=CC=CC1=COc1ccccc12. The standard InChI is InChI=1S/C13H11NO/c14-13-8-4-3-5-10(13)9-15-12-7-2-1-6-11(12)13/h1-9H,14H2. The van der Waals surface area contributed by atoms with Gasteiger partial charge in [0.15, 0.2) is 0 Å². The molecule has 15 heavy (non-hydrogen) atoms. The van der Waals surface area contributed by atoms with E-state index in [4.69, 9.17) is 10.5 Å². The van der Waals surface area contributed by atoms with Crippen LogP contribution < -0.4 is 10.5 Å². The summed E-state index contributed by atoms with van der Waals surface area (Å²) in [5, 5.41) is 0. The van der Waals surface area contributed by atoms with E-state index in [9.17, 15) is 0 Å². The molecule has 2 N–H and O–H groups in total. The Balaban J connectivity index is 2.25. The third kappa shape index (κ3) is 1.09. The average molecular weight is 197 g/mol. The van der Waals surface area contributed by atoms with Crippen LogP contribution in [0.5, 0.6) is 5.75 Å². The monoisotopic (exact) mass is 197 g/mol. The van der Waals surface area contributed by atoms with Crippen LogP contribution in [0.2, 0.25) is 0 Å². The van der Waals surface area contributed by atoms with Gasteiger partial charge in [-0.2, -0.15) is 0 Å². The number of benzene rings is 1. The fourth-order valence-corrected chi connectivity index (χ4v) is 2.02. The molecule has 0 amide bonds. The number of allylic oxidation sites excluding steroid dienone is 2. The van der Waals surface area contributed by atoms with Gasteiger partial charge in [0.05, 0.1) is 11.8 Å². The van der Waals surface area contributed by atoms with Crippen molar-refractivity contribution in [2.45, 2.75) is 5.54 Å². The fraction of sp³-hybridized carbons (Fsp3) is 0.0769. The number of ether oxygens (including phenoxy) is 1. The first-order chi connectivity index (χ1) is 7.31. The first kappa shape index (κ1) is 8.50. The van der Waals surface area contributed by atoms with E-state index in [0.717, 1.165) is 16.9 Å². The minimum Gasteiger partial charge on any atom is -0.464 e.